The minimum absolute atomic E-state index is 0.00779. The van der Waals surface area contributed by atoms with Crippen molar-refractivity contribution in [2.75, 3.05) is 0 Å². The molecule has 2 aromatic heterocycles. The molecule has 7 nitrogen and oxygen atoms in total. The van der Waals surface area contributed by atoms with Crippen LogP contribution in [0.25, 0.3) is 16.6 Å². The third-order valence-electron chi connectivity index (χ3n) is 4.99. The van der Waals surface area contributed by atoms with Crippen LogP contribution >= 0.6 is 0 Å². The molecule has 0 unspecified atom stereocenters. The summed E-state index contributed by atoms with van der Waals surface area (Å²) in [6.07, 6.45) is 2.75. The van der Waals surface area contributed by atoms with E-state index >= 15 is 0 Å². The van der Waals surface area contributed by atoms with Crippen molar-refractivity contribution in [2.45, 2.75) is 25.9 Å². The highest BCUT2D eigenvalue weighted by molar-refractivity contribution is 6.05. The van der Waals surface area contributed by atoms with Crippen molar-refractivity contribution in [3.05, 3.63) is 77.2 Å². The van der Waals surface area contributed by atoms with Gasteiger partial charge >= 0.3 is 5.97 Å². The van der Waals surface area contributed by atoms with Crippen molar-refractivity contribution in [1.82, 2.24) is 25.2 Å². The second-order valence-corrected chi connectivity index (χ2v) is 6.70. The van der Waals surface area contributed by atoms with Crippen LogP contribution in [0.2, 0.25) is 0 Å². The Morgan fingerprint density at radius 2 is 1.86 bits per heavy atom. The van der Waals surface area contributed by atoms with Gasteiger partial charge in [0, 0.05) is 11.1 Å². The number of hydrogen-bond donors (Lipinski definition) is 0. The first-order valence-corrected chi connectivity index (χ1v) is 9.21. The van der Waals surface area contributed by atoms with E-state index in [1.165, 1.54) is 0 Å². The van der Waals surface area contributed by atoms with Gasteiger partial charge in [0.15, 0.2) is 12.4 Å². The number of benzene rings is 2. The maximum Gasteiger partial charge on any atom is 0.339 e. The van der Waals surface area contributed by atoms with E-state index in [-0.39, 0.29) is 12.6 Å². The molecule has 0 spiro atoms. The molecule has 0 saturated heterocycles. The second kappa shape index (κ2) is 6.84. The van der Waals surface area contributed by atoms with Gasteiger partial charge in [0.05, 0.1) is 16.8 Å². The molecule has 2 heterocycles. The van der Waals surface area contributed by atoms with E-state index in [1.54, 1.807) is 4.68 Å². The average molecular weight is 371 g/mol. The van der Waals surface area contributed by atoms with Crippen molar-refractivity contribution in [1.29, 1.82) is 0 Å². The van der Waals surface area contributed by atoms with Gasteiger partial charge in [-0.15, -0.1) is 5.10 Å². The number of rotatable bonds is 4. The Bertz CT molecular complexity index is 1170. The predicted octanol–water partition coefficient (Wildman–Crippen LogP) is 3.06. The lowest BCUT2D eigenvalue weighted by atomic mass is 10.0. The van der Waals surface area contributed by atoms with Gasteiger partial charge in [0.2, 0.25) is 0 Å². The van der Waals surface area contributed by atoms with Crippen molar-refractivity contribution in [3.8, 4) is 5.69 Å². The lowest BCUT2D eigenvalue weighted by Crippen LogP contribution is -2.13. The molecular weight excluding hydrogens is 354 g/mol. The highest BCUT2D eigenvalue weighted by Crippen LogP contribution is 2.30. The Balaban J connectivity index is 1.46. The van der Waals surface area contributed by atoms with Crippen LogP contribution in [0.1, 0.15) is 33.9 Å². The maximum absolute atomic E-state index is 13.0. The summed E-state index contributed by atoms with van der Waals surface area (Å²) in [7, 11) is 0. The Morgan fingerprint density at radius 3 is 2.75 bits per heavy atom. The molecule has 1 aliphatic carbocycles. The van der Waals surface area contributed by atoms with E-state index < -0.39 is 0 Å². The molecule has 7 heteroatoms. The first-order chi connectivity index (χ1) is 13.8. The summed E-state index contributed by atoms with van der Waals surface area (Å²) in [6.45, 7) is -0.00779. The Morgan fingerprint density at radius 1 is 1.04 bits per heavy atom. The number of carbonyl (C=O) groups excluding carboxylic acids is 1. The van der Waals surface area contributed by atoms with Crippen molar-refractivity contribution < 1.29 is 9.53 Å². The SMILES string of the molecule is O=C(OCc1nnnn1-c1ccccc1)c1c2c(nc3ccccc13)CCC2. The zero-order valence-corrected chi connectivity index (χ0v) is 15.1. The maximum atomic E-state index is 13.0. The summed E-state index contributed by atoms with van der Waals surface area (Å²) in [5.74, 6) is 0.105. The predicted molar refractivity (Wildman–Crippen MR) is 102 cm³/mol. The Kier molecular flexibility index (Phi) is 4.05. The Labute approximate surface area is 161 Å². The quantitative estimate of drug-likeness (QED) is 0.513. The van der Waals surface area contributed by atoms with Crippen LogP contribution in [-0.2, 0) is 24.2 Å². The normalized spacial score (nSPS) is 12.9. The summed E-state index contributed by atoms with van der Waals surface area (Å²) < 4.78 is 7.21. The second-order valence-electron chi connectivity index (χ2n) is 6.70. The summed E-state index contributed by atoms with van der Waals surface area (Å²) in [6, 6.07) is 17.2. The molecule has 5 rings (SSSR count). The van der Waals surface area contributed by atoms with E-state index in [9.17, 15) is 4.79 Å². The lowest BCUT2D eigenvalue weighted by molar-refractivity contribution is 0.0460. The van der Waals surface area contributed by atoms with Crippen LogP contribution in [0.15, 0.2) is 54.6 Å². The van der Waals surface area contributed by atoms with Crippen LogP contribution in [-0.4, -0.2) is 31.2 Å². The van der Waals surface area contributed by atoms with E-state index in [1.807, 2.05) is 54.6 Å². The highest BCUT2D eigenvalue weighted by atomic mass is 16.5. The average Bonchev–Trinajstić information content (AvgIpc) is 3.40. The number of hydrogen-bond acceptors (Lipinski definition) is 6. The molecule has 2 aromatic carbocycles. The molecule has 0 N–H and O–H groups in total. The first-order valence-electron chi connectivity index (χ1n) is 9.21. The highest BCUT2D eigenvalue weighted by Gasteiger charge is 2.25. The van der Waals surface area contributed by atoms with Gasteiger partial charge in [0.1, 0.15) is 0 Å². The van der Waals surface area contributed by atoms with Gasteiger partial charge in [-0.3, -0.25) is 4.98 Å². The van der Waals surface area contributed by atoms with E-state index in [4.69, 9.17) is 9.72 Å². The molecule has 0 amide bonds. The van der Waals surface area contributed by atoms with E-state index in [2.05, 4.69) is 15.5 Å². The number of tetrazole rings is 1. The summed E-state index contributed by atoms with van der Waals surface area (Å²) in [4.78, 5) is 17.8. The fourth-order valence-corrected chi connectivity index (χ4v) is 3.71. The van der Waals surface area contributed by atoms with Gasteiger partial charge in [0.25, 0.3) is 0 Å². The third kappa shape index (κ3) is 2.81. The zero-order chi connectivity index (χ0) is 18.9. The van der Waals surface area contributed by atoms with Crippen molar-refractivity contribution in [2.24, 2.45) is 0 Å². The molecular formula is C21H17N5O2. The van der Waals surface area contributed by atoms with Crippen LogP contribution in [0.3, 0.4) is 0 Å². The van der Waals surface area contributed by atoms with Gasteiger partial charge in [-0.25, -0.2) is 4.79 Å². The molecule has 0 radical (unpaired) electrons. The molecule has 138 valence electrons. The number of nitrogens with zero attached hydrogens (tertiary/aromatic N) is 5. The van der Waals surface area contributed by atoms with Crippen LogP contribution in [0.5, 0.6) is 0 Å². The number of aryl methyl sites for hydroxylation is 1. The monoisotopic (exact) mass is 371 g/mol. The van der Waals surface area contributed by atoms with E-state index in [0.717, 1.165) is 47.1 Å². The number of ether oxygens (including phenoxy) is 1. The Hall–Kier alpha value is -3.61. The fourth-order valence-electron chi connectivity index (χ4n) is 3.71. The number of aromatic nitrogens is 5. The summed E-state index contributed by atoms with van der Waals surface area (Å²) in [5.41, 5.74) is 4.26. The molecule has 0 atom stereocenters. The minimum Gasteiger partial charge on any atom is -0.454 e. The van der Waals surface area contributed by atoms with Crippen LogP contribution in [0, 0.1) is 0 Å². The number of pyridine rings is 1. The minimum atomic E-state index is -0.362. The van der Waals surface area contributed by atoms with Gasteiger partial charge in [-0.2, -0.15) is 4.68 Å². The number of carbonyl (C=O) groups is 1. The van der Waals surface area contributed by atoms with Crippen LogP contribution < -0.4 is 0 Å². The molecule has 0 saturated carbocycles. The van der Waals surface area contributed by atoms with Crippen LogP contribution in [0.4, 0.5) is 0 Å². The topological polar surface area (TPSA) is 82.8 Å². The molecule has 0 aliphatic heterocycles. The summed E-state index contributed by atoms with van der Waals surface area (Å²) in [5, 5.41) is 12.6. The zero-order valence-electron chi connectivity index (χ0n) is 15.1. The fraction of sp³-hybridized carbons (Fsp3) is 0.190. The molecule has 4 aromatic rings. The number of fused-ring (bicyclic) bond motifs is 2. The van der Waals surface area contributed by atoms with Gasteiger partial charge in [-0.05, 0) is 53.5 Å². The van der Waals surface area contributed by atoms with E-state index in [0.29, 0.717) is 11.4 Å². The smallest absolute Gasteiger partial charge is 0.339 e. The molecule has 0 bridgehead atoms. The third-order valence-corrected chi connectivity index (χ3v) is 4.99. The van der Waals surface area contributed by atoms with Crippen molar-refractivity contribution >= 4 is 16.9 Å². The molecule has 28 heavy (non-hydrogen) atoms. The molecule has 0 fully saturated rings. The lowest BCUT2D eigenvalue weighted by Gasteiger charge is -2.12. The molecule has 1 aliphatic rings. The van der Waals surface area contributed by atoms with Gasteiger partial charge in [-0.1, -0.05) is 36.4 Å². The standard InChI is InChI=1S/C21H17N5O2/c27-21(28-13-19-23-24-25-26(19)14-7-2-1-3-8-14)20-15-9-4-5-11-17(15)22-18-12-6-10-16(18)20/h1-5,7-9,11H,6,10,12-13H2. The first kappa shape index (κ1) is 16.6. The largest absolute Gasteiger partial charge is 0.454 e. The number of para-hydroxylation sites is 2. The summed E-state index contributed by atoms with van der Waals surface area (Å²) >= 11 is 0. The number of esters is 1. The van der Waals surface area contributed by atoms with Gasteiger partial charge < -0.3 is 4.74 Å². The van der Waals surface area contributed by atoms with Crippen molar-refractivity contribution in [3.63, 3.8) is 0 Å².